The molecule has 0 radical (unpaired) electrons. The molecular weight excluding hydrogens is 436 g/mol. The summed E-state index contributed by atoms with van der Waals surface area (Å²) in [7, 11) is 3.42. The fraction of sp³-hybridized carbons (Fsp3) is 0.484. The number of rotatable bonds is 18. The van der Waals surface area contributed by atoms with Crippen molar-refractivity contribution < 1.29 is 18.9 Å². The molecule has 0 spiro atoms. The Morgan fingerprint density at radius 2 is 1.09 bits per heavy atom. The second-order valence-corrected chi connectivity index (χ2v) is 9.22. The Morgan fingerprint density at radius 1 is 0.629 bits per heavy atom. The molecule has 0 amide bonds. The van der Waals surface area contributed by atoms with Gasteiger partial charge in [0.05, 0.1) is 26.4 Å². The van der Waals surface area contributed by atoms with Crippen LogP contribution in [0.4, 0.5) is 0 Å². The van der Waals surface area contributed by atoms with Crippen molar-refractivity contribution in [3.63, 3.8) is 0 Å². The summed E-state index contributed by atoms with van der Waals surface area (Å²) in [6, 6.07) is 13.6. The zero-order valence-corrected chi connectivity index (χ0v) is 21.7. The summed E-state index contributed by atoms with van der Waals surface area (Å²) >= 11 is 0. The average Bonchev–Trinajstić information content (AvgIpc) is 3.16. The minimum atomic E-state index is -0.0260. The molecule has 0 atom stereocenters. The van der Waals surface area contributed by atoms with Gasteiger partial charge in [0.2, 0.25) is 0 Å². The molecule has 0 unspecified atom stereocenters. The van der Waals surface area contributed by atoms with Gasteiger partial charge in [-0.25, -0.2) is 0 Å². The maximum Gasteiger partial charge on any atom is 0.0700 e. The first-order chi connectivity index (χ1) is 17.2. The molecule has 4 heteroatoms. The lowest BCUT2D eigenvalue weighted by Crippen LogP contribution is -2.26. The predicted octanol–water partition coefficient (Wildman–Crippen LogP) is 6.91. The molecule has 2 aromatic carbocycles. The van der Waals surface area contributed by atoms with E-state index in [9.17, 15) is 0 Å². The van der Waals surface area contributed by atoms with E-state index in [1.807, 2.05) is 12.2 Å². The lowest BCUT2D eigenvalue weighted by Gasteiger charge is -2.33. The van der Waals surface area contributed by atoms with Gasteiger partial charge >= 0.3 is 0 Å². The van der Waals surface area contributed by atoms with E-state index >= 15 is 0 Å². The van der Waals surface area contributed by atoms with Crippen molar-refractivity contribution >= 4 is 12.2 Å². The van der Waals surface area contributed by atoms with Crippen LogP contribution in [-0.2, 0) is 24.4 Å². The third kappa shape index (κ3) is 6.92. The van der Waals surface area contributed by atoms with E-state index in [1.165, 1.54) is 33.4 Å². The summed E-state index contributed by atoms with van der Waals surface area (Å²) < 4.78 is 21.7. The van der Waals surface area contributed by atoms with Crippen molar-refractivity contribution in [2.24, 2.45) is 0 Å². The smallest absolute Gasteiger partial charge is 0.0700 e. The fourth-order valence-electron chi connectivity index (χ4n) is 5.20. The van der Waals surface area contributed by atoms with Gasteiger partial charge in [-0.15, -0.1) is 0 Å². The van der Waals surface area contributed by atoms with Crippen LogP contribution >= 0.6 is 0 Å². The van der Waals surface area contributed by atoms with E-state index in [-0.39, 0.29) is 5.41 Å². The first-order valence-corrected chi connectivity index (χ1v) is 12.9. The summed E-state index contributed by atoms with van der Waals surface area (Å²) in [6.07, 6.45) is 10.4. The average molecular weight is 479 g/mol. The van der Waals surface area contributed by atoms with E-state index < -0.39 is 0 Å². The van der Waals surface area contributed by atoms with Crippen LogP contribution < -0.4 is 0 Å². The number of ether oxygens (including phenoxy) is 4. The molecule has 0 saturated heterocycles. The van der Waals surface area contributed by atoms with Crippen molar-refractivity contribution in [2.45, 2.75) is 43.9 Å². The van der Waals surface area contributed by atoms with Crippen LogP contribution in [0.3, 0.4) is 0 Å². The van der Waals surface area contributed by atoms with Gasteiger partial charge in [-0.3, -0.25) is 0 Å². The number of unbranched alkanes of at least 4 members (excludes halogenated alkanes) is 2. The van der Waals surface area contributed by atoms with Gasteiger partial charge in [-0.2, -0.15) is 0 Å². The highest BCUT2D eigenvalue weighted by atomic mass is 16.5. The predicted molar refractivity (Wildman–Crippen MR) is 146 cm³/mol. The Hall–Kier alpha value is -2.24. The van der Waals surface area contributed by atoms with Crippen LogP contribution in [0.5, 0.6) is 0 Å². The SMILES string of the molecule is C=Cc1ccc2c(c1)C(CCCCOCCOC)(CCCCOCCOC)c1cc(C=C)ccc1-2. The summed E-state index contributed by atoms with van der Waals surface area (Å²) in [5.41, 5.74) is 7.91. The van der Waals surface area contributed by atoms with Crippen LogP contribution in [0.15, 0.2) is 49.6 Å². The molecule has 4 nitrogen and oxygen atoms in total. The van der Waals surface area contributed by atoms with Gasteiger partial charge in [0, 0.05) is 32.8 Å². The highest BCUT2D eigenvalue weighted by molar-refractivity contribution is 5.83. The molecular formula is C31H42O4. The first kappa shape index (κ1) is 27.3. The third-order valence-electron chi connectivity index (χ3n) is 7.03. The van der Waals surface area contributed by atoms with Crippen molar-refractivity contribution in [3.05, 3.63) is 71.8 Å². The minimum Gasteiger partial charge on any atom is -0.382 e. The van der Waals surface area contributed by atoms with E-state index in [0.717, 1.165) is 51.7 Å². The van der Waals surface area contributed by atoms with Gasteiger partial charge in [0.25, 0.3) is 0 Å². The van der Waals surface area contributed by atoms with Gasteiger partial charge in [-0.1, -0.05) is 61.7 Å². The Labute approximate surface area is 211 Å². The van der Waals surface area contributed by atoms with Gasteiger partial charge in [0.1, 0.15) is 0 Å². The number of hydrogen-bond donors (Lipinski definition) is 0. The van der Waals surface area contributed by atoms with Crippen molar-refractivity contribution in [1.82, 2.24) is 0 Å². The van der Waals surface area contributed by atoms with Gasteiger partial charge in [-0.05, 0) is 71.9 Å². The Bertz CT molecular complexity index is 871. The second-order valence-electron chi connectivity index (χ2n) is 9.22. The molecule has 0 heterocycles. The largest absolute Gasteiger partial charge is 0.382 e. The summed E-state index contributed by atoms with van der Waals surface area (Å²) in [5, 5.41) is 0. The molecule has 1 aliphatic rings. The van der Waals surface area contributed by atoms with E-state index in [2.05, 4.69) is 49.6 Å². The monoisotopic (exact) mass is 478 g/mol. The number of fused-ring (bicyclic) bond motifs is 3. The zero-order chi connectivity index (χ0) is 24.9. The second kappa shape index (κ2) is 14.4. The number of methoxy groups -OCH3 is 2. The molecule has 190 valence electrons. The standard InChI is InChI=1S/C31H42O4/c1-5-25-11-13-27-28-14-12-26(6-2)24-30(28)31(29(27)23-25,15-7-9-17-34-21-19-32-3)16-8-10-18-35-22-20-33-4/h5-6,11-14,23-24H,1-2,7-10,15-22H2,3-4H3. The zero-order valence-electron chi connectivity index (χ0n) is 21.7. The molecule has 0 N–H and O–H groups in total. The van der Waals surface area contributed by atoms with Crippen LogP contribution in [0.25, 0.3) is 23.3 Å². The summed E-state index contributed by atoms with van der Waals surface area (Å²) in [4.78, 5) is 0. The van der Waals surface area contributed by atoms with Crippen LogP contribution in [0.2, 0.25) is 0 Å². The molecule has 0 aliphatic heterocycles. The highest BCUT2D eigenvalue weighted by Gasteiger charge is 2.42. The van der Waals surface area contributed by atoms with E-state index in [0.29, 0.717) is 26.4 Å². The molecule has 35 heavy (non-hydrogen) atoms. The third-order valence-corrected chi connectivity index (χ3v) is 7.03. The van der Waals surface area contributed by atoms with Crippen LogP contribution in [0.1, 0.15) is 60.8 Å². The molecule has 0 aromatic heterocycles. The van der Waals surface area contributed by atoms with Gasteiger partial charge < -0.3 is 18.9 Å². The highest BCUT2D eigenvalue weighted by Crippen LogP contribution is 2.54. The van der Waals surface area contributed by atoms with E-state index in [4.69, 9.17) is 18.9 Å². The number of benzene rings is 2. The number of hydrogen-bond acceptors (Lipinski definition) is 4. The summed E-state index contributed by atoms with van der Waals surface area (Å²) in [5.74, 6) is 0. The quantitative estimate of drug-likeness (QED) is 0.218. The molecule has 0 bridgehead atoms. The molecule has 1 aliphatic carbocycles. The molecule has 3 rings (SSSR count). The normalized spacial score (nSPS) is 13.4. The Balaban J connectivity index is 1.85. The van der Waals surface area contributed by atoms with Crippen molar-refractivity contribution in [1.29, 1.82) is 0 Å². The molecule has 0 saturated carbocycles. The molecule has 2 aromatic rings. The topological polar surface area (TPSA) is 36.9 Å². The maximum atomic E-state index is 5.75. The fourth-order valence-corrected chi connectivity index (χ4v) is 5.20. The van der Waals surface area contributed by atoms with Crippen LogP contribution in [-0.4, -0.2) is 53.9 Å². The lowest BCUT2D eigenvalue weighted by molar-refractivity contribution is 0.0670. The first-order valence-electron chi connectivity index (χ1n) is 12.9. The minimum absolute atomic E-state index is 0.0260. The molecule has 0 fully saturated rings. The van der Waals surface area contributed by atoms with Crippen molar-refractivity contribution in [3.8, 4) is 11.1 Å². The van der Waals surface area contributed by atoms with Gasteiger partial charge in [0.15, 0.2) is 0 Å². The lowest BCUT2D eigenvalue weighted by atomic mass is 9.70. The van der Waals surface area contributed by atoms with E-state index in [1.54, 1.807) is 14.2 Å². The Kier molecular flexibility index (Phi) is 11.2. The summed E-state index contributed by atoms with van der Waals surface area (Å²) in [6.45, 7) is 12.2. The van der Waals surface area contributed by atoms with Crippen LogP contribution in [0, 0.1) is 0 Å². The maximum absolute atomic E-state index is 5.75. The van der Waals surface area contributed by atoms with Crippen molar-refractivity contribution in [2.75, 3.05) is 53.9 Å². The Morgan fingerprint density at radius 3 is 1.49 bits per heavy atom.